The number of H-pyrrole nitrogens is 1. The SMILES string of the molecule is CCc1nn2c(nnc3c(=O)n(CCc4c[nH]c5ccc(C)cc45)ccc32)c1-c1ccccc1. The van der Waals surface area contributed by atoms with E-state index in [9.17, 15) is 4.79 Å². The molecule has 168 valence electrons. The van der Waals surface area contributed by atoms with Gasteiger partial charge in [0.25, 0.3) is 5.56 Å². The number of hydrogen-bond donors (Lipinski definition) is 1. The van der Waals surface area contributed by atoms with Gasteiger partial charge in [0.2, 0.25) is 0 Å². The van der Waals surface area contributed by atoms with Gasteiger partial charge in [0.05, 0.1) is 11.3 Å². The third kappa shape index (κ3) is 3.20. The van der Waals surface area contributed by atoms with Crippen molar-refractivity contribution < 1.29 is 0 Å². The highest BCUT2D eigenvalue weighted by molar-refractivity contribution is 5.85. The summed E-state index contributed by atoms with van der Waals surface area (Å²) in [5.41, 5.74) is 7.99. The monoisotopic (exact) mass is 448 g/mol. The molecule has 4 aromatic heterocycles. The fourth-order valence-electron chi connectivity index (χ4n) is 4.69. The summed E-state index contributed by atoms with van der Waals surface area (Å²) in [5.74, 6) is 0. The summed E-state index contributed by atoms with van der Waals surface area (Å²) >= 11 is 0. The van der Waals surface area contributed by atoms with E-state index in [1.54, 1.807) is 9.08 Å². The Bertz CT molecular complexity index is 1730. The molecule has 0 radical (unpaired) electrons. The maximum atomic E-state index is 13.3. The summed E-state index contributed by atoms with van der Waals surface area (Å²) < 4.78 is 3.47. The maximum absolute atomic E-state index is 13.3. The lowest BCUT2D eigenvalue weighted by Gasteiger charge is -2.07. The molecule has 0 aliphatic heterocycles. The van der Waals surface area contributed by atoms with Crippen molar-refractivity contribution in [3.63, 3.8) is 0 Å². The number of aryl methyl sites for hydroxylation is 4. The highest BCUT2D eigenvalue weighted by Gasteiger charge is 2.18. The lowest BCUT2D eigenvalue weighted by molar-refractivity contribution is 0.673. The van der Waals surface area contributed by atoms with Crippen molar-refractivity contribution in [3.05, 3.63) is 94.2 Å². The Hall–Kier alpha value is -4.26. The first-order valence-corrected chi connectivity index (χ1v) is 11.5. The second kappa shape index (κ2) is 7.95. The van der Waals surface area contributed by atoms with Gasteiger partial charge in [0, 0.05) is 29.8 Å². The normalized spacial score (nSPS) is 11.7. The predicted molar refractivity (Wildman–Crippen MR) is 134 cm³/mol. The molecule has 0 saturated heterocycles. The molecule has 0 spiro atoms. The van der Waals surface area contributed by atoms with Crippen molar-refractivity contribution in [1.29, 1.82) is 0 Å². The average Bonchev–Trinajstić information content (AvgIpc) is 3.45. The van der Waals surface area contributed by atoms with Crippen LogP contribution < -0.4 is 5.56 Å². The third-order valence-electron chi connectivity index (χ3n) is 6.47. The van der Waals surface area contributed by atoms with Gasteiger partial charge in [-0.25, -0.2) is 4.52 Å². The van der Waals surface area contributed by atoms with Crippen molar-refractivity contribution in [1.82, 2.24) is 29.4 Å². The molecule has 0 bridgehead atoms. The van der Waals surface area contributed by atoms with E-state index in [4.69, 9.17) is 5.10 Å². The summed E-state index contributed by atoms with van der Waals surface area (Å²) in [5, 5.41) is 14.8. The third-order valence-corrected chi connectivity index (χ3v) is 6.47. The zero-order chi connectivity index (χ0) is 23.2. The summed E-state index contributed by atoms with van der Waals surface area (Å²) in [7, 11) is 0. The van der Waals surface area contributed by atoms with E-state index in [-0.39, 0.29) is 5.56 Å². The first kappa shape index (κ1) is 20.4. The Balaban J connectivity index is 1.41. The number of hydrogen-bond acceptors (Lipinski definition) is 4. The van der Waals surface area contributed by atoms with E-state index >= 15 is 0 Å². The van der Waals surface area contributed by atoms with E-state index < -0.39 is 0 Å². The summed E-state index contributed by atoms with van der Waals surface area (Å²) in [6.07, 6.45) is 5.36. The van der Waals surface area contributed by atoms with Crippen LogP contribution in [0.4, 0.5) is 0 Å². The van der Waals surface area contributed by atoms with Gasteiger partial charge in [-0.2, -0.15) is 5.10 Å². The minimum absolute atomic E-state index is 0.155. The number of pyridine rings is 1. The maximum Gasteiger partial charge on any atom is 0.280 e. The molecule has 34 heavy (non-hydrogen) atoms. The molecule has 6 rings (SSSR count). The minimum Gasteiger partial charge on any atom is -0.361 e. The van der Waals surface area contributed by atoms with Crippen molar-refractivity contribution in [2.45, 2.75) is 33.2 Å². The molecule has 0 unspecified atom stereocenters. The number of fused-ring (bicyclic) bond motifs is 4. The Kier molecular flexibility index (Phi) is 4.76. The first-order chi connectivity index (χ1) is 16.6. The van der Waals surface area contributed by atoms with Crippen LogP contribution in [0.25, 0.3) is 38.7 Å². The highest BCUT2D eigenvalue weighted by Crippen LogP contribution is 2.28. The van der Waals surface area contributed by atoms with Crippen molar-refractivity contribution >= 4 is 27.6 Å². The average molecular weight is 449 g/mol. The fourth-order valence-corrected chi connectivity index (χ4v) is 4.69. The number of aromatic amines is 1. The lowest BCUT2D eigenvalue weighted by atomic mass is 10.0. The van der Waals surface area contributed by atoms with E-state index in [2.05, 4.69) is 47.2 Å². The quantitative estimate of drug-likeness (QED) is 0.414. The van der Waals surface area contributed by atoms with Gasteiger partial charge in [-0.15, -0.1) is 10.2 Å². The number of nitrogens with one attached hydrogen (secondary N) is 1. The van der Waals surface area contributed by atoms with Crippen molar-refractivity contribution in [2.75, 3.05) is 0 Å². The first-order valence-electron chi connectivity index (χ1n) is 11.5. The summed E-state index contributed by atoms with van der Waals surface area (Å²) in [6, 6.07) is 18.4. The molecule has 0 fully saturated rings. The standard InChI is InChI=1S/C27H24N6O/c1-3-21-24(18-7-5-4-6-8-18)26-30-29-25-23(33(26)31-21)12-14-32(27(25)34)13-11-19-16-28-22-10-9-17(2)15-20(19)22/h4-10,12,14-16,28H,3,11,13H2,1-2H3. The van der Waals surface area contributed by atoms with Crippen LogP contribution >= 0.6 is 0 Å². The zero-order valence-corrected chi connectivity index (χ0v) is 19.1. The van der Waals surface area contributed by atoms with Gasteiger partial charge in [0.15, 0.2) is 11.2 Å². The van der Waals surface area contributed by atoms with E-state index in [0.29, 0.717) is 23.2 Å². The van der Waals surface area contributed by atoms with Crippen molar-refractivity contribution in [2.24, 2.45) is 0 Å². The molecule has 2 aromatic carbocycles. The Morgan fingerprint density at radius 1 is 1.03 bits per heavy atom. The molecule has 6 aromatic rings. The topological polar surface area (TPSA) is 80.9 Å². The Morgan fingerprint density at radius 2 is 1.88 bits per heavy atom. The number of nitrogens with zero attached hydrogens (tertiary/aromatic N) is 5. The summed E-state index contributed by atoms with van der Waals surface area (Å²) in [4.78, 5) is 16.6. The van der Waals surface area contributed by atoms with E-state index in [1.807, 2.05) is 48.8 Å². The molecule has 0 aliphatic rings. The van der Waals surface area contributed by atoms with E-state index in [1.165, 1.54) is 16.5 Å². The van der Waals surface area contributed by atoms with Gasteiger partial charge >= 0.3 is 0 Å². The summed E-state index contributed by atoms with van der Waals surface area (Å²) in [6.45, 7) is 4.72. The van der Waals surface area contributed by atoms with Gasteiger partial charge in [-0.3, -0.25) is 4.79 Å². The Labute approximate surface area is 195 Å². The molecule has 1 N–H and O–H groups in total. The van der Waals surface area contributed by atoms with Gasteiger partial charge in [0.1, 0.15) is 5.52 Å². The second-order valence-corrected chi connectivity index (χ2v) is 8.64. The second-order valence-electron chi connectivity index (χ2n) is 8.64. The van der Waals surface area contributed by atoms with Crippen LogP contribution in [0.5, 0.6) is 0 Å². The van der Waals surface area contributed by atoms with Crippen LogP contribution in [0.3, 0.4) is 0 Å². The molecule has 0 saturated carbocycles. The van der Waals surface area contributed by atoms with Gasteiger partial charge in [-0.05, 0) is 49.1 Å². The highest BCUT2D eigenvalue weighted by atomic mass is 16.1. The van der Waals surface area contributed by atoms with Crippen LogP contribution in [0.2, 0.25) is 0 Å². The predicted octanol–water partition coefficient (Wildman–Crippen LogP) is 4.70. The molecule has 0 aliphatic carbocycles. The van der Waals surface area contributed by atoms with Crippen molar-refractivity contribution in [3.8, 4) is 11.1 Å². The van der Waals surface area contributed by atoms with E-state index in [0.717, 1.165) is 35.2 Å². The van der Waals surface area contributed by atoms with Crippen LogP contribution in [0, 0.1) is 6.92 Å². The smallest absolute Gasteiger partial charge is 0.280 e. The molecular formula is C27H24N6O. The molecule has 0 amide bonds. The number of rotatable bonds is 5. The zero-order valence-electron chi connectivity index (χ0n) is 19.1. The minimum atomic E-state index is -0.155. The van der Waals surface area contributed by atoms with Crippen LogP contribution in [-0.2, 0) is 19.4 Å². The fraction of sp³-hybridized carbons (Fsp3) is 0.185. The van der Waals surface area contributed by atoms with Gasteiger partial charge in [-0.1, -0.05) is 48.9 Å². The number of aromatic nitrogens is 6. The largest absolute Gasteiger partial charge is 0.361 e. The number of benzene rings is 2. The lowest BCUT2D eigenvalue weighted by Crippen LogP contribution is -2.22. The van der Waals surface area contributed by atoms with Crippen LogP contribution in [-0.4, -0.2) is 29.4 Å². The van der Waals surface area contributed by atoms with Gasteiger partial charge < -0.3 is 9.55 Å². The molecular weight excluding hydrogens is 424 g/mol. The molecule has 7 nitrogen and oxygen atoms in total. The van der Waals surface area contributed by atoms with Crippen LogP contribution in [0.15, 0.2) is 71.8 Å². The van der Waals surface area contributed by atoms with Crippen LogP contribution in [0.1, 0.15) is 23.7 Å². The Morgan fingerprint density at radius 3 is 2.71 bits per heavy atom. The molecule has 7 heteroatoms. The molecule has 0 atom stereocenters. The molecule has 4 heterocycles.